The zero-order valence-corrected chi connectivity index (χ0v) is 14.4. The van der Waals surface area contributed by atoms with Crippen LogP contribution in [0, 0.1) is 0 Å². The second-order valence-corrected chi connectivity index (χ2v) is 5.54. The Morgan fingerprint density at radius 3 is 1.30 bits per heavy atom. The Kier molecular flexibility index (Phi) is 5.93. The van der Waals surface area contributed by atoms with Crippen molar-refractivity contribution in [2.45, 2.75) is 0 Å². The van der Waals surface area contributed by atoms with Gasteiger partial charge in [0.05, 0.1) is 0 Å². The average Bonchev–Trinajstić information content (AvgIpc) is 2.76. The minimum atomic E-state index is -0.379. The number of hydrogen-bond acceptors (Lipinski definition) is 5. The molecule has 4 aromatic rings. The van der Waals surface area contributed by atoms with Gasteiger partial charge in [0, 0.05) is 16.7 Å². The highest BCUT2D eigenvalue weighted by atomic mass is 16.1. The van der Waals surface area contributed by atoms with Crippen molar-refractivity contribution in [3.8, 4) is 22.5 Å². The predicted octanol–water partition coefficient (Wildman–Crippen LogP) is 3.39. The summed E-state index contributed by atoms with van der Waals surface area (Å²) in [5, 5.41) is 15.5. The van der Waals surface area contributed by atoms with E-state index in [-0.39, 0.29) is 5.91 Å². The molecule has 0 saturated heterocycles. The van der Waals surface area contributed by atoms with Gasteiger partial charge < -0.3 is 5.73 Å². The summed E-state index contributed by atoms with van der Waals surface area (Å²) in [5.41, 5.74) is 8.99. The number of amides is 1. The molecule has 0 unspecified atom stereocenters. The smallest absolute Gasteiger partial charge is 0.248 e. The minimum Gasteiger partial charge on any atom is -0.366 e. The SMILES string of the molecule is NC(=O)c1ccccc1.c1ccc(-c2nnnnc2-c2ccccc2)cc1. The van der Waals surface area contributed by atoms with Crippen molar-refractivity contribution >= 4 is 5.91 Å². The summed E-state index contributed by atoms with van der Waals surface area (Å²) in [6.07, 6.45) is 0. The van der Waals surface area contributed by atoms with Crippen LogP contribution < -0.4 is 5.73 Å². The van der Waals surface area contributed by atoms with Crippen LogP contribution in [0.15, 0.2) is 91.0 Å². The maximum absolute atomic E-state index is 10.4. The van der Waals surface area contributed by atoms with E-state index in [1.807, 2.05) is 66.7 Å². The molecule has 0 spiro atoms. The van der Waals surface area contributed by atoms with Crippen molar-refractivity contribution < 1.29 is 4.79 Å². The maximum Gasteiger partial charge on any atom is 0.248 e. The zero-order valence-electron chi connectivity index (χ0n) is 14.4. The monoisotopic (exact) mass is 355 g/mol. The molecular formula is C21H17N5O. The highest BCUT2D eigenvalue weighted by Crippen LogP contribution is 2.26. The molecule has 0 saturated carbocycles. The van der Waals surface area contributed by atoms with Gasteiger partial charge in [0.15, 0.2) is 0 Å². The first kappa shape index (κ1) is 17.9. The van der Waals surface area contributed by atoms with E-state index >= 15 is 0 Å². The van der Waals surface area contributed by atoms with Gasteiger partial charge in [0.2, 0.25) is 5.91 Å². The van der Waals surface area contributed by atoms with Crippen molar-refractivity contribution in [3.63, 3.8) is 0 Å². The Labute approximate surface area is 156 Å². The van der Waals surface area contributed by atoms with Gasteiger partial charge in [-0.15, -0.1) is 10.2 Å². The number of carbonyl (C=O) groups is 1. The molecule has 1 aromatic heterocycles. The first-order chi connectivity index (χ1) is 13.3. The van der Waals surface area contributed by atoms with Crippen molar-refractivity contribution in [1.29, 1.82) is 0 Å². The molecule has 6 nitrogen and oxygen atoms in total. The molecule has 0 bridgehead atoms. The van der Waals surface area contributed by atoms with Crippen LogP contribution in [0.3, 0.4) is 0 Å². The van der Waals surface area contributed by atoms with Gasteiger partial charge in [-0.25, -0.2) is 0 Å². The average molecular weight is 355 g/mol. The Balaban J connectivity index is 0.000000197. The molecule has 6 heteroatoms. The molecule has 0 aliphatic heterocycles. The molecule has 0 aliphatic rings. The fourth-order valence-corrected chi connectivity index (χ4v) is 2.41. The molecule has 27 heavy (non-hydrogen) atoms. The summed E-state index contributed by atoms with van der Waals surface area (Å²) in [6, 6.07) is 28.5. The zero-order chi connectivity index (χ0) is 18.9. The van der Waals surface area contributed by atoms with Gasteiger partial charge in [-0.05, 0) is 22.6 Å². The third kappa shape index (κ3) is 4.79. The molecule has 0 atom stereocenters. The Bertz CT molecular complexity index is 934. The lowest BCUT2D eigenvalue weighted by Crippen LogP contribution is -2.09. The van der Waals surface area contributed by atoms with Crippen LogP contribution in [-0.2, 0) is 0 Å². The first-order valence-electron chi connectivity index (χ1n) is 8.27. The number of nitrogens with two attached hydrogens (primary N) is 1. The van der Waals surface area contributed by atoms with Crippen LogP contribution >= 0.6 is 0 Å². The van der Waals surface area contributed by atoms with Crippen molar-refractivity contribution in [2.75, 3.05) is 0 Å². The van der Waals surface area contributed by atoms with Crippen molar-refractivity contribution in [1.82, 2.24) is 20.6 Å². The second kappa shape index (κ2) is 8.96. The predicted molar refractivity (Wildman–Crippen MR) is 103 cm³/mol. The highest BCUT2D eigenvalue weighted by Gasteiger charge is 2.10. The molecule has 1 amide bonds. The number of hydrogen-bond donors (Lipinski definition) is 1. The summed E-state index contributed by atoms with van der Waals surface area (Å²) in [6.45, 7) is 0. The van der Waals surface area contributed by atoms with E-state index in [2.05, 4.69) is 20.6 Å². The number of nitrogens with zero attached hydrogens (tertiary/aromatic N) is 4. The number of aromatic nitrogens is 4. The molecular weight excluding hydrogens is 338 g/mol. The summed E-state index contributed by atoms with van der Waals surface area (Å²) < 4.78 is 0. The number of carbonyl (C=O) groups excluding carboxylic acids is 1. The van der Waals surface area contributed by atoms with E-state index in [4.69, 9.17) is 5.73 Å². The van der Waals surface area contributed by atoms with Crippen LogP contribution in [0.4, 0.5) is 0 Å². The molecule has 2 N–H and O–H groups in total. The van der Waals surface area contributed by atoms with Gasteiger partial charge in [0.25, 0.3) is 0 Å². The highest BCUT2D eigenvalue weighted by molar-refractivity contribution is 5.92. The third-order valence-electron chi connectivity index (χ3n) is 3.71. The van der Waals surface area contributed by atoms with Gasteiger partial charge in [-0.2, -0.15) is 0 Å². The quantitative estimate of drug-likeness (QED) is 0.608. The molecule has 4 rings (SSSR count). The fourth-order valence-electron chi connectivity index (χ4n) is 2.41. The van der Waals surface area contributed by atoms with E-state index < -0.39 is 0 Å². The Hall–Kier alpha value is -3.93. The lowest BCUT2D eigenvalue weighted by atomic mass is 10.1. The minimum absolute atomic E-state index is 0.379. The second-order valence-electron chi connectivity index (χ2n) is 5.54. The summed E-state index contributed by atoms with van der Waals surface area (Å²) in [7, 11) is 0. The lowest BCUT2D eigenvalue weighted by molar-refractivity contribution is 0.100. The van der Waals surface area contributed by atoms with Crippen molar-refractivity contribution in [2.24, 2.45) is 5.73 Å². The number of benzene rings is 3. The van der Waals surface area contributed by atoms with Crippen LogP contribution in [0.2, 0.25) is 0 Å². The maximum atomic E-state index is 10.4. The Morgan fingerprint density at radius 2 is 0.963 bits per heavy atom. The van der Waals surface area contributed by atoms with Crippen LogP contribution in [0.5, 0.6) is 0 Å². The lowest BCUT2D eigenvalue weighted by Gasteiger charge is -2.05. The van der Waals surface area contributed by atoms with Gasteiger partial charge >= 0.3 is 0 Å². The van der Waals surface area contributed by atoms with E-state index in [9.17, 15) is 4.79 Å². The molecule has 3 aromatic carbocycles. The van der Waals surface area contributed by atoms with E-state index in [1.54, 1.807) is 24.3 Å². The van der Waals surface area contributed by atoms with Gasteiger partial charge in [-0.1, -0.05) is 78.9 Å². The van der Waals surface area contributed by atoms with Crippen molar-refractivity contribution in [3.05, 3.63) is 96.6 Å². The van der Waals surface area contributed by atoms with E-state index in [0.717, 1.165) is 22.5 Å². The largest absolute Gasteiger partial charge is 0.366 e. The molecule has 0 aliphatic carbocycles. The summed E-state index contributed by atoms with van der Waals surface area (Å²) in [5.74, 6) is -0.379. The third-order valence-corrected chi connectivity index (χ3v) is 3.71. The number of rotatable bonds is 3. The van der Waals surface area contributed by atoms with Crippen LogP contribution in [0.25, 0.3) is 22.5 Å². The van der Waals surface area contributed by atoms with Crippen LogP contribution in [-0.4, -0.2) is 26.5 Å². The fraction of sp³-hybridized carbons (Fsp3) is 0. The van der Waals surface area contributed by atoms with E-state index in [0.29, 0.717) is 5.56 Å². The molecule has 1 heterocycles. The topological polar surface area (TPSA) is 94.7 Å². The normalized spacial score (nSPS) is 9.78. The Morgan fingerprint density at radius 1 is 0.593 bits per heavy atom. The van der Waals surface area contributed by atoms with Crippen LogP contribution in [0.1, 0.15) is 10.4 Å². The molecule has 0 radical (unpaired) electrons. The number of primary amides is 1. The van der Waals surface area contributed by atoms with Gasteiger partial charge in [-0.3, -0.25) is 4.79 Å². The van der Waals surface area contributed by atoms with Gasteiger partial charge in [0.1, 0.15) is 11.4 Å². The first-order valence-corrected chi connectivity index (χ1v) is 8.27. The van der Waals surface area contributed by atoms with E-state index in [1.165, 1.54) is 0 Å². The summed E-state index contributed by atoms with van der Waals surface area (Å²) >= 11 is 0. The molecule has 132 valence electrons. The molecule has 0 fully saturated rings. The standard InChI is InChI=1S/C14H10N4.C7H7NO/c1-3-7-11(8-4-1)13-14(16-18-17-15-13)12-9-5-2-6-10-12;8-7(9)6-4-2-1-3-5-6/h1-10H;1-5H,(H2,8,9). The summed E-state index contributed by atoms with van der Waals surface area (Å²) in [4.78, 5) is 10.4.